The Morgan fingerprint density at radius 1 is 1.14 bits per heavy atom. The first-order valence-corrected chi connectivity index (χ1v) is 11.2. The number of carbonyl (C=O) groups excluding carboxylic acids is 1. The number of carbonyl (C=O) groups is 1. The average Bonchev–Trinajstić information content (AvgIpc) is 3.26. The van der Waals surface area contributed by atoms with Crippen LogP contribution in [0.1, 0.15) is 18.9 Å². The van der Waals surface area contributed by atoms with Gasteiger partial charge in [-0.1, -0.05) is 77.2 Å². The molecule has 3 aromatic rings. The smallest absolute Gasteiger partial charge is 0.266 e. The Hall–Kier alpha value is -2.22. The van der Waals surface area contributed by atoms with Gasteiger partial charge in [-0.25, -0.2) is 4.68 Å². The van der Waals surface area contributed by atoms with E-state index in [2.05, 4.69) is 15.9 Å². The number of aromatic nitrogens is 2. The van der Waals surface area contributed by atoms with Crippen molar-refractivity contribution in [3.63, 3.8) is 0 Å². The van der Waals surface area contributed by atoms with Crippen molar-refractivity contribution in [3.8, 4) is 16.9 Å². The second-order valence-corrected chi connectivity index (χ2v) is 9.14. The van der Waals surface area contributed by atoms with Gasteiger partial charge in [0.25, 0.3) is 5.91 Å². The number of nitrogens with zero attached hydrogens (tertiary/aromatic N) is 3. The SMILES string of the molecule is CCCN1C(=O)C(=Cc2cn(-c3ccccc3)nc2-c2ccc(Br)cc2)SC1=S. The van der Waals surface area contributed by atoms with Crippen LogP contribution in [-0.4, -0.2) is 31.5 Å². The molecule has 29 heavy (non-hydrogen) atoms. The summed E-state index contributed by atoms with van der Waals surface area (Å²) in [6.45, 7) is 2.68. The normalized spacial score (nSPS) is 15.5. The van der Waals surface area contributed by atoms with Gasteiger partial charge in [0.1, 0.15) is 4.32 Å². The number of amides is 1. The molecule has 1 saturated heterocycles. The van der Waals surface area contributed by atoms with Gasteiger partial charge in [-0.15, -0.1) is 0 Å². The first-order chi connectivity index (χ1) is 14.1. The second-order valence-electron chi connectivity index (χ2n) is 6.55. The lowest BCUT2D eigenvalue weighted by Crippen LogP contribution is -2.28. The van der Waals surface area contributed by atoms with E-state index in [9.17, 15) is 4.79 Å². The van der Waals surface area contributed by atoms with Gasteiger partial charge in [0, 0.05) is 28.3 Å². The summed E-state index contributed by atoms with van der Waals surface area (Å²) >= 11 is 10.2. The summed E-state index contributed by atoms with van der Waals surface area (Å²) in [6.07, 6.45) is 4.73. The van der Waals surface area contributed by atoms with E-state index in [0.717, 1.165) is 33.4 Å². The minimum absolute atomic E-state index is 0.0314. The summed E-state index contributed by atoms with van der Waals surface area (Å²) in [6, 6.07) is 17.9. The van der Waals surface area contributed by atoms with Crippen LogP contribution in [0.5, 0.6) is 0 Å². The zero-order chi connectivity index (χ0) is 20.4. The predicted octanol–water partition coefficient (Wildman–Crippen LogP) is 5.91. The minimum atomic E-state index is -0.0314. The molecule has 1 amide bonds. The van der Waals surface area contributed by atoms with Crippen molar-refractivity contribution in [2.75, 3.05) is 6.54 Å². The van der Waals surface area contributed by atoms with Crippen molar-refractivity contribution >= 4 is 56.2 Å². The third kappa shape index (κ3) is 4.22. The molecule has 0 aliphatic carbocycles. The standard InChI is InChI=1S/C22H18BrN3OS2/c1-2-12-25-21(27)19(29-22(25)28)13-16-14-26(18-6-4-3-5-7-18)24-20(16)15-8-10-17(23)11-9-15/h3-11,13-14H,2,12H2,1H3. The Morgan fingerprint density at radius 3 is 2.55 bits per heavy atom. The summed E-state index contributed by atoms with van der Waals surface area (Å²) in [7, 11) is 0. The highest BCUT2D eigenvalue weighted by Crippen LogP contribution is 2.35. The fourth-order valence-corrected chi connectivity index (χ4v) is 4.66. The molecule has 0 atom stereocenters. The molecule has 0 radical (unpaired) electrons. The topological polar surface area (TPSA) is 38.1 Å². The van der Waals surface area contributed by atoms with Crippen molar-refractivity contribution in [1.82, 2.24) is 14.7 Å². The summed E-state index contributed by atoms with van der Waals surface area (Å²) < 4.78 is 3.46. The van der Waals surface area contributed by atoms with Crippen LogP contribution in [0.4, 0.5) is 0 Å². The molecule has 2 heterocycles. The van der Waals surface area contributed by atoms with Gasteiger partial charge in [-0.2, -0.15) is 5.10 Å². The third-order valence-electron chi connectivity index (χ3n) is 4.49. The molecule has 0 unspecified atom stereocenters. The summed E-state index contributed by atoms with van der Waals surface area (Å²) in [5.74, 6) is -0.0314. The summed E-state index contributed by atoms with van der Waals surface area (Å²) in [4.78, 5) is 15.1. The molecule has 0 spiro atoms. The Balaban J connectivity index is 1.79. The second kappa shape index (κ2) is 8.65. The van der Waals surface area contributed by atoms with Crippen molar-refractivity contribution in [3.05, 3.63) is 75.7 Å². The molecule has 1 aromatic heterocycles. The van der Waals surface area contributed by atoms with E-state index in [4.69, 9.17) is 17.3 Å². The number of thioether (sulfide) groups is 1. The molecule has 2 aromatic carbocycles. The number of rotatable bonds is 5. The van der Waals surface area contributed by atoms with E-state index in [1.54, 1.807) is 4.90 Å². The lowest BCUT2D eigenvalue weighted by molar-refractivity contribution is -0.122. The van der Waals surface area contributed by atoms with Crippen LogP contribution in [0.25, 0.3) is 23.0 Å². The van der Waals surface area contributed by atoms with Crippen LogP contribution in [0.3, 0.4) is 0 Å². The molecule has 0 saturated carbocycles. The highest BCUT2D eigenvalue weighted by atomic mass is 79.9. The van der Waals surface area contributed by atoms with E-state index >= 15 is 0 Å². The fraction of sp³-hybridized carbons (Fsp3) is 0.136. The molecule has 0 bridgehead atoms. The van der Waals surface area contributed by atoms with Gasteiger partial charge >= 0.3 is 0 Å². The number of para-hydroxylation sites is 1. The molecule has 1 aliphatic heterocycles. The summed E-state index contributed by atoms with van der Waals surface area (Å²) in [5.41, 5.74) is 3.65. The monoisotopic (exact) mass is 483 g/mol. The van der Waals surface area contributed by atoms with Gasteiger partial charge in [0.15, 0.2) is 0 Å². The zero-order valence-corrected chi connectivity index (χ0v) is 18.9. The van der Waals surface area contributed by atoms with Crippen molar-refractivity contribution in [2.45, 2.75) is 13.3 Å². The lowest BCUT2D eigenvalue weighted by atomic mass is 10.1. The highest BCUT2D eigenvalue weighted by molar-refractivity contribution is 9.10. The van der Waals surface area contributed by atoms with E-state index in [-0.39, 0.29) is 5.91 Å². The Labute approximate surface area is 187 Å². The number of hydrogen-bond acceptors (Lipinski definition) is 4. The van der Waals surface area contributed by atoms with Crippen LogP contribution >= 0.6 is 39.9 Å². The lowest BCUT2D eigenvalue weighted by Gasteiger charge is -2.11. The fourth-order valence-electron chi connectivity index (χ4n) is 3.10. The van der Waals surface area contributed by atoms with Crippen LogP contribution in [0.2, 0.25) is 0 Å². The maximum Gasteiger partial charge on any atom is 0.266 e. The van der Waals surface area contributed by atoms with Gasteiger partial charge in [-0.05, 0) is 36.8 Å². The number of thiocarbonyl (C=S) groups is 1. The molecule has 7 heteroatoms. The summed E-state index contributed by atoms with van der Waals surface area (Å²) in [5, 5.41) is 4.81. The first kappa shape index (κ1) is 20.1. The molecule has 146 valence electrons. The maximum absolute atomic E-state index is 12.8. The highest BCUT2D eigenvalue weighted by Gasteiger charge is 2.31. The van der Waals surface area contributed by atoms with Gasteiger partial charge in [-0.3, -0.25) is 9.69 Å². The Kier molecular flexibility index (Phi) is 5.99. The van der Waals surface area contributed by atoms with E-state index in [1.165, 1.54) is 11.8 Å². The first-order valence-electron chi connectivity index (χ1n) is 9.23. The quantitative estimate of drug-likeness (QED) is 0.333. The molecule has 0 N–H and O–H groups in total. The molecular formula is C22H18BrN3OS2. The predicted molar refractivity (Wildman–Crippen MR) is 127 cm³/mol. The van der Waals surface area contributed by atoms with E-state index < -0.39 is 0 Å². The Morgan fingerprint density at radius 2 is 1.86 bits per heavy atom. The van der Waals surface area contributed by atoms with Crippen LogP contribution in [0, 0.1) is 0 Å². The number of benzene rings is 2. The third-order valence-corrected chi connectivity index (χ3v) is 6.39. The maximum atomic E-state index is 12.8. The molecule has 4 nitrogen and oxygen atoms in total. The largest absolute Gasteiger partial charge is 0.293 e. The van der Waals surface area contributed by atoms with Crippen molar-refractivity contribution in [2.24, 2.45) is 0 Å². The van der Waals surface area contributed by atoms with E-state index in [1.807, 2.05) is 78.5 Å². The number of halogens is 1. The average molecular weight is 484 g/mol. The van der Waals surface area contributed by atoms with E-state index in [0.29, 0.717) is 15.8 Å². The van der Waals surface area contributed by atoms with Crippen LogP contribution < -0.4 is 0 Å². The zero-order valence-electron chi connectivity index (χ0n) is 15.7. The molecule has 1 aliphatic rings. The van der Waals surface area contributed by atoms with Crippen LogP contribution in [-0.2, 0) is 4.79 Å². The Bertz CT molecular complexity index is 1090. The molecule has 4 rings (SSSR count). The van der Waals surface area contributed by atoms with Crippen molar-refractivity contribution in [1.29, 1.82) is 0 Å². The van der Waals surface area contributed by atoms with Crippen LogP contribution in [0.15, 0.2) is 70.2 Å². The van der Waals surface area contributed by atoms with Crippen molar-refractivity contribution < 1.29 is 4.79 Å². The molecular weight excluding hydrogens is 466 g/mol. The minimum Gasteiger partial charge on any atom is -0.293 e. The van der Waals surface area contributed by atoms with Gasteiger partial charge in [0.2, 0.25) is 0 Å². The molecule has 1 fully saturated rings. The van der Waals surface area contributed by atoms with Gasteiger partial charge in [0.05, 0.1) is 16.3 Å². The van der Waals surface area contributed by atoms with Gasteiger partial charge < -0.3 is 0 Å². The number of hydrogen-bond donors (Lipinski definition) is 0.